The number of ether oxygens (including phenoxy) is 1. The second-order valence-corrected chi connectivity index (χ2v) is 11.9. The van der Waals surface area contributed by atoms with Crippen LogP contribution in [0.1, 0.15) is 42.2 Å². The van der Waals surface area contributed by atoms with Gasteiger partial charge in [0.05, 0.1) is 34.5 Å². The van der Waals surface area contributed by atoms with Crippen molar-refractivity contribution in [2.75, 3.05) is 18.6 Å². The number of rotatable bonds is 7. The molecule has 0 radical (unpaired) electrons. The van der Waals surface area contributed by atoms with E-state index in [1.165, 1.54) is 23.5 Å². The number of amides is 1. The largest absolute Gasteiger partial charge is 0.497 e. The van der Waals surface area contributed by atoms with Gasteiger partial charge in [-0.15, -0.1) is 0 Å². The first-order valence-electron chi connectivity index (χ1n) is 12.1. The number of carbonyl (C=O) groups excluding carboxylic acids is 1. The van der Waals surface area contributed by atoms with E-state index in [1.54, 1.807) is 34.6 Å². The number of hydrogen-bond acceptors (Lipinski definition) is 7. The maximum absolute atomic E-state index is 13.7. The predicted octanol–water partition coefficient (Wildman–Crippen LogP) is 5.11. The molecule has 1 unspecified atom stereocenters. The van der Waals surface area contributed by atoms with Crippen LogP contribution in [0.2, 0.25) is 0 Å². The molecular weight excluding hydrogens is 508 g/mol. The summed E-state index contributed by atoms with van der Waals surface area (Å²) in [5.41, 5.74) is 1.82. The monoisotopic (exact) mass is 536 g/mol. The number of benzene rings is 2. The van der Waals surface area contributed by atoms with Gasteiger partial charge in [0.15, 0.2) is 5.13 Å². The molecule has 37 heavy (non-hydrogen) atoms. The molecule has 1 aliphatic heterocycles. The molecule has 2 aromatic carbocycles. The van der Waals surface area contributed by atoms with Gasteiger partial charge in [0.1, 0.15) is 5.75 Å². The van der Waals surface area contributed by atoms with Gasteiger partial charge in [-0.3, -0.25) is 14.7 Å². The lowest BCUT2D eigenvalue weighted by atomic mass is 10.1. The third-order valence-electron chi connectivity index (χ3n) is 6.56. The number of aromatic nitrogens is 2. The van der Waals surface area contributed by atoms with Crippen LogP contribution in [-0.2, 0) is 16.6 Å². The molecule has 0 N–H and O–H groups in total. The minimum Gasteiger partial charge on any atom is -0.497 e. The molecule has 3 heterocycles. The molecule has 1 aliphatic rings. The number of thiazole rings is 1. The molecule has 10 heteroatoms. The highest BCUT2D eigenvalue weighted by molar-refractivity contribution is 7.89. The zero-order valence-electron chi connectivity index (χ0n) is 20.7. The lowest BCUT2D eigenvalue weighted by Crippen LogP contribution is -2.41. The van der Waals surface area contributed by atoms with Crippen LogP contribution in [0.3, 0.4) is 0 Å². The third kappa shape index (κ3) is 5.22. The number of sulfonamides is 1. The Hall–Kier alpha value is -3.34. The molecule has 1 fully saturated rings. The molecule has 5 rings (SSSR count). The number of methoxy groups -OCH3 is 1. The van der Waals surface area contributed by atoms with Crippen molar-refractivity contribution >= 4 is 42.6 Å². The van der Waals surface area contributed by atoms with Crippen LogP contribution < -0.4 is 9.64 Å². The van der Waals surface area contributed by atoms with Crippen molar-refractivity contribution < 1.29 is 17.9 Å². The maximum Gasteiger partial charge on any atom is 0.260 e. The Kier molecular flexibility index (Phi) is 7.23. The first-order chi connectivity index (χ1) is 17.9. The average Bonchev–Trinajstić information content (AvgIpc) is 3.35. The van der Waals surface area contributed by atoms with Crippen molar-refractivity contribution in [2.24, 2.45) is 0 Å². The Labute approximate surface area is 220 Å². The van der Waals surface area contributed by atoms with E-state index in [4.69, 9.17) is 9.72 Å². The van der Waals surface area contributed by atoms with Crippen LogP contribution in [0.25, 0.3) is 10.2 Å². The Morgan fingerprint density at radius 1 is 1.14 bits per heavy atom. The molecule has 192 valence electrons. The van der Waals surface area contributed by atoms with Crippen LogP contribution >= 0.6 is 11.3 Å². The summed E-state index contributed by atoms with van der Waals surface area (Å²) in [5.74, 6) is 0.402. The van der Waals surface area contributed by atoms with E-state index in [0.717, 1.165) is 29.5 Å². The van der Waals surface area contributed by atoms with Gasteiger partial charge in [-0.1, -0.05) is 23.8 Å². The molecule has 1 amide bonds. The van der Waals surface area contributed by atoms with Gasteiger partial charge in [0, 0.05) is 30.4 Å². The standard InChI is InChI=1S/C27H28N4O4S2/c1-19-7-4-6-16-31(19)37(33,34)23-12-9-20(10-13-23)26(32)30(18-21-8-3-5-15-28-21)27-29-24-17-22(35-2)11-14-25(24)36-27/h3,5,8-15,17,19H,4,6-7,16,18H2,1-2H3. The molecule has 1 atom stereocenters. The van der Waals surface area contributed by atoms with Gasteiger partial charge < -0.3 is 4.74 Å². The minimum atomic E-state index is -3.62. The van der Waals surface area contributed by atoms with E-state index in [-0.39, 0.29) is 23.4 Å². The molecule has 0 spiro atoms. The number of fused-ring (bicyclic) bond motifs is 1. The topological polar surface area (TPSA) is 92.7 Å². The Morgan fingerprint density at radius 3 is 2.65 bits per heavy atom. The SMILES string of the molecule is COc1ccc2sc(N(Cc3ccccn3)C(=O)c3ccc(S(=O)(=O)N4CCCCC4C)cc3)nc2c1. The number of piperidine rings is 1. The maximum atomic E-state index is 13.7. The summed E-state index contributed by atoms with van der Waals surface area (Å²) < 4.78 is 34.3. The van der Waals surface area contributed by atoms with E-state index >= 15 is 0 Å². The van der Waals surface area contributed by atoms with Crippen molar-refractivity contribution in [3.05, 3.63) is 78.1 Å². The highest BCUT2D eigenvalue weighted by atomic mass is 32.2. The predicted molar refractivity (Wildman–Crippen MR) is 145 cm³/mol. The summed E-state index contributed by atoms with van der Waals surface area (Å²) in [6, 6.07) is 17.3. The van der Waals surface area contributed by atoms with Crippen LogP contribution in [0, 0.1) is 0 Å². The van der Waals surface area contributed by atoms with E-state index < -0.39 is 10.0 Å². The number of anilines is 1. The second-order valence-electron chi connectivity index (χ2n) is 9.03. The number of nitrogens with zero attached hydrogens (tertiary/aromatic N) is 4. The lowest BCUT2D eigenvalue weighted by Gasteiger charge is -2.32. The van der Waals surface area contributed by atoms with Gasteiger partial charge in [0.25, 0.3) is 5.91 Å². The second kappa shape index (κ2) is 10.6. The van der Waals surface area contributed by atoms with Crippen molar-refractivity contribution in [3.8, 4) is 5.75 Å². The van der Waals surface area contributed by atoms with Crippen molar-refractivity contribution in [2.45, 2.75) is 43.7 Å². The van der Waals surface area contributed by atoms with Gasteiger partial charge >= 0.3 is 0 Å². The Balaban J connectivity index is 1.47. The minimum absolute atomic E-state index is 0.0356. The molecule has 4 aromatic rings. The highest BCUT2D eigenvalue weighted by Gasteiger charge is 2.31. The summed E-state index contributed by atoms with van der Waals surface area (Å²) in [4.78, 5) is 24.6. The Bertz CT molecular complexity index is 1500. The quantitative estimate of drug-likeness (QED) is 0.326. The highest BCUT2D eigenvalue weighted by Crippen LogP contribution is 2.33. The summed E-state index contributed by atoms with van der Waals surface area (Å²) in [7, 11) is -2.02. The smallest absolute Gasteiger partial charge is 0.260 e. The molecule has 0 bridgehead atoms. The van der Waals surface area contributed by atoms with E-state index in [2.05, 4.69) is 4.98 Å². The summed E-state index contributed by atoms with van der Waals surface area (Å²) in [5, 5.41) is 0.526. The molecule has 8 nitrogen and oxygen atoms in total. The van der Waals surface area contributed by atoms with Gasteiger partial charge in [-0.05, 0) is 68.3 Å². The van der Waals surface area contributed by atoms with Crippen LogP contribution in [0.4, 0.5) is 5.13 Å². The van der Waals surface area contributed by atoms with Crippen molar-refractivity contribution in [1.29, 1.82) is 0 Å². The molecule has 2 aromatic heterocycles. The first kappa shape index (κ1) is 25.3. The summed E-state index contributed by atoms with van der Waals surface area (Å²) in [6.07, 6.45) is 4.43. The number of carbonyl (C=O) groups is 1. The van der Waals surface area contributed by atoms with E-state index in [1.807, 2.05) is 43.3 Å². The first-order valence-corrected chi connectivity index (χ1v) is 14.4. The zero-order chi connectivity index (χ0) is 26.0. The lowest BCUT2D eigenvalue weighted by molar-refractivity contribution is 0.0984. The van der Waals surface area contributed by atoms with Gasteiger partial charge in [-0.2, -0.15) is 4.31 Å². The normalized spacial score (nSPS) is 16.5. The number of pyridine rings is 1. The van der Waals surface area contributed by atoms with Crippen molar-refractivity contribution in [3.63, 3.8) is 0 Å². The van der Waals surface area contributed by atoms with Gasteiger partial charge in [0.2, 0.25) is 10.0 Å². The van der Waals surface area contributed by atoms with Crippen LogP contribution in [0.5, 0.6) is 5.75 Å². The molecular formula is C27H28N4O4S2. The molecule has 1 saturated heterocycles. The van der Waals surface area contributed by atoms with Gasteiger partial charge in [-0.25, -0.2) is 13.4 Å². The molecule has 0 saturated carbocycles. The zero-order valence-corrected chi connectivity index (χ0v) is 22.3. The van der Waals surface area contributed by atoms with Crippen molar-refractivity contribution in [1.82, 2.24) is 14.3 Å². The average molecular weight is 537 g/mol. The number of hydrogen-bond donors (Lipinski definition) is 0. The summed E-state index contributed by atoms with van der Waals surface area (Å²) >= 11 is 1.40. The molecule has 0 aliphatic carbocycles. The third-order valence-corrected chi connectivity index (χ3v) is 9.64. The Morgan fingerprint density at radius 2 is 1.95 bits per heavy atom. The fourth-order valence-electron chi connectivity index (χ4n) is 4.51. The summed E-state index contributed by atoms with van der Waals surface area (Å²) in [6.45, 7) is 2.68. The van der Waals surface area contributed by atoms with E-state index in [9.17, 15) is 13.2 Å². The fraction of sp³-hybridized carbons (Fsp3) is 0.296. The van der Waals surface area contributed by atoms with E-state index in [0.29, 0.717) is 28.7 Å². The van der Waals surface area contributed by atoms with Crippen LogP contribution in [-0.4, -0.2) is 48.3 Å². The fourth-order valence-corrected chi connectivity index (χ4v) is 7.15. The van der Waals surface area contributed by atoms with Crippen LogP contribution in [0.15, 0.2) is 71.8 Å².